The van der Waals surface area contributed by atoms with Crippen LogP contribution in [0.25, 0.3) is 0 Å². The molecule has 0 aliphatic heterocycles. The Morgan fingerprint density at radius 1 is 1.24 bits per heavy atom. The van der Waals surface area contributed by atoms with Gasteiger partial charge >= 0.3 is 5.97 Å². The zero-order valence-corrected chi connectivity index (χ0v) is 13.9. The van der Waals surface area contributed by atoms with Crippen LogP contribution in [-0.4, -0.2) is 47.3 Å². The van der Waals surface area contributed by atoms with Gasteiger partial charge in [0.15, 0.2) is 0 Å². The Hall–Kier alpha value is -1.01. The molecule has 21 heavy (non-hydrogen) atoms. The molecule has 0 amide bonds. The van der Waals surface area contributed by atoms with Gasteiger partial charge in [0.25, 0.3) is 0 Å². The van der Waals surface area contributed by atoms with Crippen LogP contribution in [-0.2, 0) is 20.0 Å². The lowest BCUT2D eigenvalue weighted by Crippen LogP contribution is -2.29. The van der Waals surface area contributed by atoms with Crippen LogP contribution in [0.2, 0.25) is 0 Å². The number of carbonyl (C=O) groups is 1. The van der Waals surface area contributed by atoms with E-state index in [4.69, 9.17) is 5.11 Å². The van der Waals surface area contributed by atoms with Crippen LogP contribution >= 0.6 is 11.3 Å². The second-order valence-electron chi connectivity index (χ2n) is 4.25. The summed E-state index contributed by atoms with van der Waals surface area (Å²) in [5.74, 6) is -1.18. The molecule has 0 unspecified atom stereocenters. The Bertz CT molecular complexity index is 720. The molecule has 0 aliphatic carbocycles. The maximum Gasteiger partial charge on any atom is 0.345 e. The van der Waals surface area contributed by atoms with Crippen LogP contribution in [0.4, 0.5) is 0 Å². The number of hydrogen-bond acceptors (Lipinski definition) is 6. The predicted molar refractivity (Wildman–Crippen MR) is 78.7 cm³/mol. The van der Waals surface area contributed by atoms with E-state index in [1.54, 1.807) is 0 Å². The molecule has 3 N–H and O–H groups in total. The Morgan fingerprint density at radius 3 is 2.29 bits per heavy atom. The van der Waals surface area contributed by atoms with E-state index in [9.17, 15) is 21.6 Å². The molecule has 120 valence electrons. The van der Waals surface area contributed by atoms with Crippen LogP contribution in [0.1, 0.15) is 21.0 Å². The van der Waals surface area contributed by atoms with Crippen molar-refractivity contribution in [3.63, 3.8) is 0 Å². The van der Waals surface area contributed by atoms with Crippen molar-refractivity contribution in [2.75, 3.05) is 19.3 Å². The fraction of sp³-hybridized carbons (Fsp3) is 0.500. The van der Waals surface area contributed by atoms with Crippen molar-refractivity contribution in [1.82, 2.24) is 9.44 Å². The highest BCUT2D eigenvalue weighted by molar-refractivity contribution is 7.89. The number of sulfonamides is 2. The SMILES string of the molecule is Cc1sc(C(=O)O)cc1S(=O)(=O)NCCCNS(C)(=O)=O. The minimum Gasteiger partial charge on any atom is -0.477 e. The van der Waals surface area contributed by atoms with E-state index in [0.717, 1.165) is 23.7 Å². The topological polar surface area (TPSA) is 130 Å². The third-order valence-corrected chi connectivity index (χ3v) is 5.87. The summed E-state index contributed by atoms with van der Waals surface area (Å²) in [6.45, 7) is 1.68. The van der Waals surface area contributed by atoms with Gasteiger partial charge in [-0.1, -0.05) is 0 Å². The Kier molecular flexibility index (Phi) is 5.87. The summed E-state index contributed by atoms with van der Waals surface area (Å²) >= 11 is 0.886. The minimum atomic E-state index is -3.80. The van der Waals surface area contributed by atoms with Gasteiger partial charge in [0.2, 0.25) is 20.0 Å². The fourth-order valence-electron chi connectivity index (χ4n) is 1.47. The maximum atomic E-state index is 12.0. The third-order valence-electron chi connectivity index (χ3n) is 2.38. The van der Waals surface area contributed by atoms with Crippen LogP contribution in [0, 0.1) is 6.92 Å². The smallest absolute Gasteiger partial charge is 0.345 e. The maximum absolute atomic E-state index is 12.0. The molecule has 1 rings (SSSR count). The van der Waals surface area contributed by atoms with Gasteiger partial charge in [-0.2, -0.15) is 0 Å². The molecule has 0 aromatic carbocycles. The van der Waals surface area contributed by atoms with Crippen molar-refractivity contribution < 1.29 is 26.7 Å². The van der Waals surface area contributed by atoms with Crippen molar-refractivity contribution >= 4 is 37.4 Å². The molecule has 0 saturated carbocycles. The molecule has 1 heterocycles. The summed E-state index contributed by atoms with van der Waals surface area (Å²) in [5.41, 5.74) is 0. The van der Waals surface area contributed by atoms with Crippen molar-refractivity contribution in [3.8, 4) is 0 Å². The highest BCUT2D eigenvalue weighted by Gasteiger charge is 2.21. The summed E-state index contributed by atoms with van der Waals surface area (Å²) in [4.78, 5) is 11.1. The molecule has 0 spiro atoms. The quantitative estimate of drug-likeness (QED) is 0.561. The number of aryl methyl sites for hydroxylation is 1. The number of rotatable bonds is 8. The van der Waals surface area contributed by atoms with Crippen molar-refractivity contribution in [1.29, 1.82) is 0 Å². The largest absolute Gasteiger partial charge is 0.477 e. The predicted octanol–water partition coefficient (Wildman–Crippen LogP) is -0.0277. The van der Waals surface area contributed by atoms with Gasteiger partial charge in [-0.3, -0.25) is 0 Å². The Morgan fingerprint density at radius 2 is 1.81 bits per heavy atom. The first kappa shape index (κ1) is 18.0. The Labute approximate surface area is 127 Å². The van der Waals surface area contributed by atoms with E-state index in [-0.39, 0.29) is 29.3 Å². The first-order chi connectivity index (χ1) is 9.53. The van der Waals surface area contributed by atoms with Gasteiger partial charge in [-0.05, 0) is 19.4 Å². The lowest BCUT2D eigenvalue weighted by atomic mass is 10.4. The number of hydrogen-bond donors (Lipinski definition) is 3. The summed E-state index contributed by atoms with van der Waals surface area (Å²) in [6.07, 6.45) is 1.29. The van der Waals surface area contributed by atoms with Crippen molar-refractivity contribution in [2.45, 2.75) is 18.2 Å². The van der Waals surface area contributed by atoms with Gasteiger partial charge < -0.3 is 5.11 Å². The molecule has 0 radical (unpaired) electrons. The van der Waals surface area contributed by atoms with Gasteiger partial charge in [0.1, 0.15) is 4.88 Å². The molecule has 0 fully saturated rings. The second-order valence-corrected chi connectivity index (χ2v) is 9.08. The zero-order chi connectivity index (χ0) is 16.3. The van der Waals surface area contributed by atoms with Gasteiger partial charge in [-0.15, -0.1) is 11.3 Å². The van der Waals surface area contributed by atoms with Crippen molar-refractivity contribution in [3.05, 3.63) is 15.8 Å². The van der Waals surface area contributed by atoms with E-state index < -0.39 is 26.0 Å². The Balaban J connectivity index is 2.64. The number of aromatic carboxylic acids is 1. The molecule has 11 heteroatoms. The number of nitrogens with one attached hydrogen (secondary N) is 2. The normalized spacial score (nSPS) is 12.5. The lowest BCUT2D eigenvalue weighted by molar-refractivity contribution is 0.0702. The molecule has 1 aromatic rings. The second kappa shape index (κ2) is 6.83. The molecule has 0 aliphatic rings. The average Bonchev–Trinajstić information content (AvgIpc) is 2.70. The van der Waals surface area contributed by atoms with Crippen LogP contribution in [0.5, 0.6) is 0 Å². The van der Waals surface area contributed by atoms with Crippen LogP contribution in [0.15, 0.2) is 11.0 Å². The minimum absolute atomic E-state index is 0.0442. The number of thiophene rings is 1. The summed E-state index contributed by atoms with van der Waals surface area (Å²) in [5, 5.41) is 8.84. The summed E-state index contributed by atoms with van der Waals surface area (Å²) in [7, 11) is -7.10. The highest BCUT2D eigenvalue weighted by Crippen LogP contribution is 2.25. The van der Waals surface area contributed by atoms with Gasteiger partial charge in [0.05, 0.1) is 11.2 Å². The van der Waals surface area contributed by atoms with E-state index in [2.05, 4.69) is 9.44 Å². The lowest BCUT2D eigenvalue weighted by Gasteiger charge is -2.06. The van der Waals surface area contributed by atoms with Crippen LogP contribution < -0.4 is 9.44 Å². The van der Waals surface area contributed by atoms with E-state index in [0.29, 0.717) is 4.88 Å². The number of carboxylic acid groups (broad SMARTS) is 1. The third kappa shape index (κ3) is 5.71. The van der Waals surface area contributed by atoms with E-state index in [1.807, 2.05) is 0 Å². The molecule has 1 aromatic heterocycles. The first-order valence-corrected chi connectivity index (χ1v) is 10.00. The van der Waals surface area contributed by atoms with Crippen molar-refractivity contribution in [2.24, 2.45) is 0 Å². The standard InChI is InChI=1S/C10H16N2O6S3/c1-7-9(6-8(19-7)10(13)14)21(17,18)12-5-3-4-11-20(2,15)16/h6,11-12H,3-5H2,1-2H3,(H,13,14). The van der Waals surface area contributed by atoms with E-state index in [1.165, 1.54) is 6.92 Å². The monoisotopic (exact) mass is 356 g/mol. The zero-order valence-electron chi connectivity index (χ0n) is 11.4. The average molecular weight is 356 g/mol. The summed E-state index contributed by atoms with van der Waals surface area (Å²) < 4.78 is 50.2. The molecule has 0 bridgehead atoms. The molecular weight excluding hydrogens is 340 g/mol. The van der Waals surface area contributed by atoms with Gasteiger partial charge in [0, 0.05) is 18.0 Å². The van der Waals surface area contributed by atoms with E-state index >= 15 is 0 Å². The summed E-state index contributed by atoms with van der Waals surface area (Å²) in [6, 6.07) is 1.11. The molecule has 8 nitrogen and oxygen atoms in total. The molecule has 0 saturated heterocycles. The number of carboxylic acids is 1. The van der Waals surface area contributed by atoms with Gasteiger partial charge in [-0.25, -0.2) is 31.1 Å². The van der Waals surface area contributed by atoms with Crippen LogP contribution in [0.3, 0.4) is 0 Å². The first-order valence-electron chi connectivity index (χ1n) is 5.81. The fourth-order valence-corrected chi connectivity index (χ4v) is 4.49. The molecule has 0 atom stereocenters. The molecular formula is C10H16N2O6S3. The highest BCUT2D eigenvalue weighted by atomic mass is 32.2.